The monoisotopic (exact) mass is 303 g/mol. The van der Waals surface area contributed by atoms with Gasteiger partial charge in [-0.25, -0.2) is 8.42 Å². The second-order valence-electron chi connectivity index (χ2n) is 4.56. The minimum atomic E-state index is -3.12. The van der Waals surface area contributed by atoms with Gasteiger partial charge in [0.15, 0.2) is 9.84 Å². The van der Waals surface area contributed by atoms with Crippen LogP contribution in [0.25, 0.3) is 0 Å². The highest BCUT2D eigenvalue weighted by Crippen LogP contribution is 2.15. The van der Waals surface area contributed by atoms with Crippen LogP contribution >= 0.6 is 0 Å². The number of pyridine rings is 1. The van der Waals surface area contributed by atoms with Crippen LogP contribution in [-0.4, -0.2) is 41.9 Å². The van der Waals surface area contributed by atoms with Gasteiger partial charge in [-0.05, 0) is 31.1 Å². The molecule has 0 saturated heterocycles. The van der Waals surface area contributed by atoms with E-state index in [0.29, 0.717) is 18.2 Å². The first-order valence-electron chi connectivity index (χ1n) is 6.11. The average molecular weight is 303 g/mol. The minimum absolute atomic E-state index is 0.00786. The first kappa shape index (κ1) is 16.3. The zero-order chi connectivity index (χ0) is 14.4. The largest absolute Gasteiger partial charge is 0.398 e. The molecule has 0 aromatic carbocycles. The molecule has 108 valence electrons. The number of hydrogen-bond donors (Lipinski definition) is 0. The second kappa shape index (κ2) is 7.13. The van der Waals surface area contributed by atoms with E-state index in [-0.39, 0.29) is 11.5 Å². The quantitative estimate of drug-likeness (QED) is 0.685. The van der Waals surface area contributed by atoms with E-state index in [1.165, 1.54) is 0 Å². The van der Waals surface area contributed by atoms with Gasteiger partial charge in [-0.15, -0.1) is 0 Å². The molecule has 19 heavy (non-hydrogen) atoms. The molecule has 1 aromatic rings. The van der Waals surface area contributed by atoms with E-state index < -0.39 is 18.4 Å². The van der Waals surface area contributed by atoms with Crippen LogP contribution in [0.1, 0.15) is 12.1 Å². The van der Waals surface area contributed by atoms with E-state index in [1.54, 1.807) is 38.6 Å². The van der Waals surface area contributed by atoms with Crippen molar-refractivity contribution < 1.29 is 17.3 Å². The van der Waals surface area contributed by atoms with Crippen LogP contribution in [0.3, 0.4) is 0 Å². The Morgan fingerprint density at radius 1 is 1.26 bits per heavy atom. The molecule has 5 nitrogen and oxygen atoms in total. The highest BCUT2D eigenvalue weighted by Gasteiger charge is 2.28. The van der Waals surface area contributed by atoms with Crippen LogP contribution in [-0.2, 0) is 24.4 Å². The summed E-state index contributed by atoms with van der Waals surface area (Å²) in [5, 5.41) is 0. The summed E-state index contributed by atoms with van der Waals surface area (Å²) in [5.74, 6) is 0.130. The minimum Gasteiger partial charge on any atom is -0.398 e. The number of hydrogen-bond acceptors (Lipinski definition) is 5. The van der Waals surface area contributed by atoms with Crippen molar-refractivity contribution in [1.82, 2.24) is 4.98 Å². The van der Waals surface area contributed by atoms with Crippen LogP contribution in [0.5, 0.6) is 0 Å². The van der Waals surface area contributed by atoms with Crippen molar-refractivity contribution >= 4 is 18.4 Å². The Morgan fingerprint density at radius 3 is 2.47 bits per heavy atom. The van der Waals surface area contributed by atoms with E-state index in [1.807, 2.05) is 6.55 Å². The smallest absolute Gasteiger partial charge is 0.334 e. The Labute approximate surface area is 116 Å². The molecule has 0 unspecified atom stereocenters. The Hall–Kier alpha value is -0.763. The van der Waals surface area contributed by atoms with Crippen molar-refractivity contribution in [2.45, 2.75) is 24.8 Å². The lowest BCUT2D eigenvalue weighted by Crippen LogP contribution is -2.36. The van der Waals surface area contributed by atoms with Crippen molar-refractivity contribution in [3.63, 3.8) is 0 Å². The lowest BCUT2D eigenvalue weighted by molar-refractivity contribution is 0.249. The molecule has 1 heterocycles. The zero-order valence-corrected chi connectivity index (χ0v) is 13.4. The van der Waals surface area contributed by atoms with Crippen LogP contribution in [0.15, 0.2) is 24.4 Å². The molecule has 0 aliphatic heterocycles. The lowest BCUT2D eigenvalue weighted by atomic mass is 10.4. The molecular formula is C12H21NO4SSi. The van der Waals surface area contributed by atoms with Crippen LogP contribution in [0, 0.1) is 0 Å². The van der Waals surface area contributed by atoms with Gasteiger partial charge in [0.25, 0.3) is 0 Å². The lowest BCUT2D eigenvalue weighted by Gasteiger charge is -2.22. The fraction of sp³-hybridized carbons (Fsp3) is 0.583. The Morgan fingerprint density at radius 2 is 1.95 bits per heavy atom. The maximum atomic E-state index is 12.0. The third-order valence-corrected chi connectivity index (χ3v) is 7.68. The SMILES string of the molecule is CO[Si](C)(CCCS(=O)(=O)Cc1ccccn1)OC. The van der Waals surface area contributed by atoms with E-state index >= 15 is 0 Å². The van der Waals surface area contributed by atoms with Crippen LogP contribution in [0.2, 0.25) is 12.6 Å². The van der Waals surface area contributed by atoms with Crippen molar-refractivity contribution in [1.29, 1.82) is 0 Å². The number of aromatic nitrogens is 1. The zero-order valence-electron chi connectivity index (χ0n) is 11.6. The molecule has 0 amide bonds. The summed E-state index contributed by atoms with van der Waals surface area (Å²) in [6.07, 6.45) is 2.16. The van der Waals surface area contributed by atoms with Gasteiger partial charge >= 0.3 is 8.56 Å². The van der Waals surface area contributed by atoms with Crippen molar-refractivity contribution in [3.05, 3.63) is 30.1 Å². The molecule has 0 spiro atoms. The normalized spacial score (nSPS) is 12.6. The molecule has 0 aliphatic rings. The van der Waals surface area contributed by atoms with Crippen LogP contribution in [0.4, 0.5) is 0 Å². The maximum absolute atomic E-state index is 12.0. The summed E-state index contributed by atoms with van der Waals surface area (Å²) in [7, 11) is -2.08. The van der Waals surface area contributed by atoms with Crippen LogP contribution < -0.4 is 0 Å². The fourth-order valence-electron chi connectivity index (χ4n) is 1.68. The number of sulfone groups is 1. The summed E-state index contributed by atoms with van der Waals surface area (Å²) in [4.78, 5) is 4.03. The van der Waals surface area contributed by atoms with Gasteiger partial charge in [0, 0.05) is 20.4 Å². The van der Waals surface area contributed by atoms with Crippen molar-refractivity contribution in [2.24, 2.45) is 0 Å². The van der Waals surface area contributed by atoms with E-state index in [4.69, 9.17) is 8.85 Å². The highest BCUT2D eigenvalue weighted by molar-refractivity contribution is 7.90. The predicted molar refractivity (Wildman–Crippen MR) is 76.8 cm³/mol. The molecule has 7 heteroatoms. The Bertz CT molecular complexity index is 474. The Balaban J connectivity index is 2.48. The van der Waals surface area contributed by atoms with E-state index in [0.717, 1.165) is 0 Å². The van der Waals surface area contributed by atoms with Crippen molar-refractivity contribution in [2.75, 3.05) is 20.0 Å². The number of nitrogens with zero attached hydrogens (tertiary/aromatic N) is 1. The highest BCUT2D eigenvalue weighted by atomic mass is 32.2. The molecule has 0 N–H and O–H groups in total. The van der Waals surface area contributed by atoms with Gasteiger partial charge in [0.2, 0.25) is 0 Å². The van der Waals surface area contributed by atoms with E-state index in [9.17, 15) is 8.42 Å². The third-order valence-electron chi connectivity index (χ3n) is 3.04. The molecule has 0 bridgehead atoms. The predicted octanol–water partition coefficient (Wildman–Crippen LogP) is 1.75. The van der Waals surface area contributed by atoms with Gasteiger partial charge in [-0.3, -0.25) is 4.98 Å². The van der Waals surface area contributed by atoms with Gasteiger partial charge < -0.3 is 8.85 Å². The second-order valence-corrected chi connectivity index (χ2v) is 10.3. The van der Waals surface area contributed by atoms with Gasteiger partial charge in [-0.2, -0.15) is 0 Å². The topological polar surface area (TPSA) is 65.5 Å². The summed E-state index contributed by atoms with van der Waals surface area (Å²) >= 11 is 0. The first-order valence-corrected chi connectivity index (χ1v) is 10.5. The number of rotatable bonds is 8. The summed E-state index contributed by atoms with van der Waals surface area (Å²) in [6, 6.07) is 5.95. The standard InChI is InChI=1S/C12H21NO4SSi/c1-16-19(3,17-2)10-6-9-18(14,15)11-12-7-4-5-8-13-12/h4-5,7-8H,6,9-11H2,1-3H3. The molecule has 1 aromatic heterocycles. The summed E-state index contributed by atoms with van der Waals surface area (Å²) in [5.41, 5.74) is 0.584. The van der Waals surface area contributed by atoms with Gasteiger partial charge in [0.05, 0.1) is 17.2 Å². The molecule has 0 aliphatic carbocycles. The summed E-state index contributed by atoms with van der Waals surface area (Å²) < 4.78 is 34.6. The Kier molecular flexibility index (Phi) is 6.12. The first-order chi connectivity index (χ1) is 8.91. The molecule has 0 saturated carbocycles. The molecular weight excluding hydrogens is 282 g/mol. The fourth-order valence-corrected chi connectivity index (χ4v) is 4.68. The molecule has 0 atom stereocenters. The maximum Gasteiger partial charge on any atom is 0.334 e. The molecule has 0 fully saturated rings. The van der Waals surface area contributed by atoms with Gasteiger partial charge in [-0.1, -0.05) is 6.07 Å². The summed E-state index contributed by atoms with van der Waals surface area (Å²) in [6.45, 7) is 1.93. The van der Waals surface area contributed by atoms with E-state index in [2.05, 4.69) is 4.98 Å². The third kappa shape index (κ3) is 5.81. The van der Waals surface area contributed by atoms with Crippen molar-refractivity contribution in [3.8, 4) is 0 Å². The van der Waals surface area contributed by atoms with Gasteiger partial charge in [0.1, 0.15) is 0 Å². The molecule has 1 rings (SSSR count). The molecule has 0 radical (unpaired) electrons. The average Bonchev–Trinajstić information content (AvgIpc) is 2.39.